The Morgan fingerprint density at radius 2 is 2.16 bits per heavy atom. The van der Waals surface area contributed by atoms with Gasteiger partial charge in [-0.05, 0) is 13.0 Å². The lowest BCUT2D eigenvalue weighted by atomic mass is 9.78. The van der Waals surface area contributed by atoms with Crippen LogP contribution in [-0.4, -0.2) is 45.9 Å². The molecule has 0 saturated heterocycles. The van der Waals surface area contributed by atoms with Gasteiger partial charge in [0, 0.05) is 29.3 Å². The molecule has 0 spiro atoms. The lowest BCUT2D eigenvalue weighted by Crippen LogP contribution is -2.39. The Hall–Kier alpha value is -2.80. The van der Waals surface area contributed by atoms with Crippen molar-refractivity contribution in [1.82, 2.24) is 15.0 Å². The van der Waals surface area contributed by atoms with E-state index in [1.54, 1.807) is 42.2 Å². The van der Waals surface area contributed by atoms with Gasteiger partial charge < -0.3 is 9.47 Å². The minimum absolute atomic E-state index is 0.123. The van der Waals surface area contributed by atoms with E-state index in [9.17, 15) is 9.59 Å². The lowest BCUT2D eigenvalue weighted by Gasteiger charge is -2.34. The molecule has 7 nitrogen and oxygen atoms in total. The molecule has 0 unspecified atom stereocenters. The number of benzene rings is 1. The fourth-order valence-electron chi connectivity index (χ4n) is 3.59. The minimum atomic E-state index is -0.466. The van der Waals surface area contributed by atoms with Crippen LogP contribution < -0.4 is 4.74 Å². The number of hydrogen-bond donors (Lipinski definition) is 0. The topological polar surface area (TPSA) is 83.3 Å². The van der Waals surface area contributed by atoms with Gasteiger partial charge in [0.2, 0.25) is 0 Å². The molecule has 4 rings (SSSR count). The van der Waals surface area contributed by atoms with E-state index in [1.165, 1.54) is 7.11 Å². The van der Waals surface area contributed by atoms with E-state index in [-0.39, 0.29) is 17.7 Å². The number of carbonyl (C=O) groups excluding carboxylic acids is 2. The summed E-state index contributed by atoms with van der Waals surface area (Å²) in [4.78, 5) is 26.0. The van der Waals surface area contributed by atoms with Crippen LogP contribution in [0.3, 0.4) is 0 Å². The summed E-state index contributed by atoms with van der Waals surface area (Å²) < 4.78 is 12.9. The van der Waals surface area contributed by atoms with Crippen molar-refractivity contribution in [2.45, 2.75) is 32.1 Å². The molecule has 1 aromatic carbocycles. The van der Waals surface area contributed by atoms with E-state index >= 15 is 0 Å². The molecule has 1 aromatic heterocycles. The first-order chi connectivity index (χ1) is 12.1. The average molecular weight is 339 g/mol. The third-order valence-electron chi connectivity index (χ3n) is 4.66. The molecule has 7 heteroatoms. The van der Waals surface area contributed by atoms with E-state index in [0.717, 1.165) is 0 Å². The van der Waals surface area contributed by atoms with Crippen LogP contribution in [0.2, 0.25) is 0 Å². The maximum atomic E-state index is 13.0. The van der Waals surface area contributed by atoms with Gasteiger partial charge in [-0.3, -0.25) is 9.59 Å². The third-order valence-corrected chi connectivity index (χ3v) is 4.66. The van der Waals surface area contributed by atoms with Crippen molar-refractivity contribution in [2.75, 3.05) is 7.11 Å². The molecule has 2 aliphatic rings. The summed E-state index contributed by atoms with van der Waals surface area (Å²) in [5.41, 5.74) is 1.71. The van der Waals surface area contributed by atoms with Crippen LogP contribution >= 0.6 is 0 Å². The SMILES string of the molecule is COc1cccc2c1C(=O)C1=C(C[C@H](Cn3ccnn3)O[C@@H]1C)C2=O. The predicted molar refractivity (Wildman–Crippen MR) is 87.7 cm³/mol. The quantitative estimate of drug-likeness (QED) is 0.848. The van der Waals surface area contributed by atoms with Gasteiger partial charge in [-0.1, -0.05) is 17.3 Å². The summed E-state index contributed by atoms with van der Waals surface area (Å²) in [6.07, 6.45) is 3.01. The van der Waals surface area contributed by atoms with Crippen molar-refractivity contribution >= 4 is 11.6 Å². The van der Waals surface area contributed by atoms with Crippen LogP contribution in [-0.2, 0) is 11.3 Å². The van der Waals surface area contributed by atoms with Crippen LogP contribution in [0.15, 0.2) is 41.7 Å². The van der Waals surface area contributed by atoms with E-state index < -0.39 is 6.10 Å². The predicted octanol–water partition coefficient (Wildman–Crippen LogP) is 1.84. The molecular weight excluding hydrogens is 322 g/mol. The second-order valence-electron chi connectivity index (χ2n) is 6.16. The third kappa shape index (κ3) is 2.47. The highest BCUT2D eigenvalue weighted by atomic mass is 16.5. The Bertz CT molecular complexity index is 886. The first-order valence-electron chi connectivity index (χ1n) is 8.09. The highest BCUT2D eigenvalue weighted by molar-refractivity contribution is 6.28. The van der Waals surface area contributed by atoms with Gasteiger partial charge in [0.05, 0.1) is 37.6 Å². The molecule has 25 heavy (non-hydrogen) atoms. The Balaban J connectivity index is 1.73. The van der Waals surface area contributed by atoms with Gasteiger partial charge >= 0.3 is 0 Å². The van der Waals surface area contributed by atoms with E-state index in [2.05, 4.69) is 10.3 Å². The largest absolute Gasteiger partial charge is 0.496 e. The molecule has 0 saturated carbocycles. The van der Waals surface area contributed by atoms with Crippen molar-refractivity contribution in [3.63, 3.8) is 0 Å². The highest BCUT2D eigenvalue weighted by Crippen LogP contribution is 2.39. The van der Waals surface area contributed by atoms with Crippen LogP contribution in [0.4, 0.5) is 0 Å². The van der Waals surface area contributed by atoms with Crippen LogP contribution in [0.1, 0.15) is 34.1 Å². The fourth-order valence-corrected chi connectivity index (χ4v) is 3.59. The van der Waals surface area contributed by atoms with Gasteiger partial charge in [0.1, 0.15) is 5.75 Å². The van der Waals surface area contributed by atoms with E-state index in [0.29, 0.717) is 41.0 Å². The van der Waals surface area contributed by atoms with E-state index in [1.807, 2.05) is 0 Å². The van der Waals surface area contributed by atoms with Gasteiger partial charge in [0.15, 0.2) is 11.6 Å². The summed E-state index contributed by atoms with van der Waals surface area (Å²) in [7, 11) is 1.49. The average Bonchev–Trinajstić information content (AvgIpc) is 3.11. The summed E-state index contributed by atoms with van der Waals surface area (Å²) in [5, 5.41) is 7.71. The Morgan fingerprint density at radius 3 is 2.88 bits per heavy atom. The van der Waals surface area contributed by atoms with Crippen molar-refractivity contribution in [3.05, 3.63) is 52.9 Å². The zero-order chi connectivity index (χ0) is 17.6. The first kappa shape index (κ1) is 15.7. The molecule has 0 fully saturated rings. The number of carbonyl (C=O) groups is 2. The zero-order valence-electron chi connectivity index (χ0n) is 13.9. The summed E-state index contributed by atoms with van der Waals surface area (Å²) in [6, 6.07) is 5.09. The molecule has 0 bridgehead atoms. The Labute approximate surface area is 144 Å². The van der Waals surface area contributed by atoms with E-state index in [4.69, 9.17) is 9.47 Å². The summed E-state index contributed by atoms with van der Waals surface area (Å²) in [6.45, 7) is 2.28. The number of rotatable bonds is 3. The monoisotopic (exact) mass is 339 g/mol. The molecule has 0 amide bonds. The minimum Gasteiger partial charge on any atom is -0.496 e. The fraction of sp³-hybridized carbons (Fsp3) is 0.333. The molecule has 2 atom stereocenters. The van der Waals surface area contributed by atoms with Crippen molar-refractivity contribution in [3.8, 4) is 5.75 Å². The number of fused-ring (bicyclic) bond motifs is 1. The van der Waals surface area contributed by atoms with Crippen molar-refractivity contribution < 1.29 is 19.1 Å². The second kappa shape index (κ2) is 5.93. The number of ketones is 2. The van der Waals surface area contributed by atoms with Gasteiger partial charge in [0.25, 0.3) is 0 Å². The second-order valence-corrected chi connectivity index (χ2v) is 6.16. The maximum absolute atomic E-state index is 13.0. The normalized spacial score (nSPS) is 22.6. The molecule has 0 radical (unpaired) electrons. The smallest absolute Gasteiger partial charge is 0.196 e. The molecule has 2 aromatic rings. The summed E-state index contributed by atoms with van der Waals surface area (Å²) >= 11 is 0. The molecule has 2 heterocycles. The molecule has 128 valence electrons. The van der Waals surface area contributed by atoms with Crippen molar-refractivity contribution in [2.24, 2.45) is 0 Å². The molecule has 1 aliphatic heterocycles. The number of aromatic nitrogens is 3. The Kier molecular flexibility index (Phi) is 3.73. The Morgan fingerprint density at radius 1 is 1.32 bits per heavy atom. The lowest BCUT2D eigenvalue weighted by molar-refractivity contribution is -0.00652. The summed E-state index contributed by atoms with van der Waals surface area (Å²) in [5.74, 6) is 0.107. The standard InChI is InChI=1S/C18H17N3O4/c1-10-15-13(8-11(25-10)9-21-7-6-19-20-21)17(22)12-4-3-5-14(24-2)16(12)18(15)23/h3-7,10-11H,8-9H2,1-2H3/t10-,11-/m1/s1. The van der Waals surface area contributed by atoms with Crippen LogP contribution in [0.25, 0.3) is 0 Å². The number of ether oxygens (including phenoxy) is 2. The molecule has 0 N–H and O–H groups in total. The van der Waals surface area contributed by atoms with Crippen LogP contribution in [0, 0.1) is 0 Å². The highest BCUT2D eigenvalue weighted by Gasteiger charge is 2.41. The number of hydrogen-bond acceptors (Lipinski definition) is 6. The van der Waals surface area contributed by atoms with Crippen LogP contribution in [0.5, 0.6) is 5.75 Å². The molecule has 1 aliphatic carbocycles. The van der Waals surface area contributed by atoms with Crippen molar-refractivity contribution in [1.29, 1.82) is 0 Å². The number of Topliss-reactive ketones (excluding diaryl/α,β-unsaturated/α-hetero) is 2. The molecular formula is C18H17N3O4. The van der Waals surface area contributed by atoms with Gasteiger partial charge in [-0.25, -0.2) is 4.68 Å². The number of methoxy groups -OCH3 is 1. The maximum Gasteiger partial charge on any atom is 0.196 e. The van der Waals surface area contributed by atoms with Gasteiger partial charge in [-0.15, -0.1) is 5.10 Å². The first-order valence-corrected chi connectivity index (χ1v) is 8.09. The number of nitrogens with zero attached hydrogens (tertiary/aromatic N) is 3. The zero-order valence-corrected chi connectivity index (χ0v) is 13.9. The van der Waals surface area contributed by atoms with Gasteiger partial charge in [-0.2, -0.15) is 0 Å².